The molecule has 1 spiro atoms. The van der Waals surface area contributed by atoms with E-state index in [-0.39, 0.29) is 18.2 Å². The number of amides is 2. The van der Waals surface area contributed by atoms with Crippen LogP contribution in [0.4, 0.5) is 5.69 Å². The van der Waals surface area contributed by atoms with Crippen LogP contribution in [-0.4, -0.2) is 45.7 Å². The van der Waals surface area contributed by atoms with Crippen LogP contribution in [0.5, 0.6) is 0 Å². The Morgan fingerprint density at radius 3 is 3.00 bits per heavy atom. The lowest BCUT2D eigenvalue weighted by Gasteiger charge is -2.24. The maximum absolute atomic E-state index is 13.4. The van der Waals surface area contributed by atoms with Gasteiger partial charge in [0.1, 0.15) is 0 Å². The van der Waals surface area contributed by atoms with Gasteiger partial charge < -0.3 is 9.80 Å². The van der Waals surface area contributed by atoms with Crippen LogP contribution >= 0.6 is 11.3 Å². The first-order chi connectivity index (χ1) is 13.6. The van der Waals surface area contributed by atoms with Crippen molar-refractivity contribution in [3.63, 3.8) is 0 Å². The number of carbonyl (C=O) groups is 2. The minimum absolute atomic E-state index is 0.0434. The molecule has 2 aromatic heterocycles. The monoisotopic (exact) mass is 394 g/mol. The van der Waals surface area contributed by atoms with Gasteiger partial charge in [0, 0.05) is 43.1 Å². The molecular weight excluding hydrogens is 372 g/mol. The van der Waals surface area contributed by atoms with E-state index in [1.54, 1.807) is 11.3 Å². The van der Waals surface area contributed by atoms with Gasteiger partial charge in [-0.3, -0.25) is 14.0 Å². The summed E-state index contributed by atoms with van der Waals surface area (Å²) in [4.78, 5) is 35.5. The number of anilines is 1. The fourth-order valence-corrected chi connectivity index (χ4v) is 5.31. The zero-order valence-corrected chi connectivity index (χ0v) is 16.6. The van der Waals surface area contributed by atoms with Gasteiger partial charge >= 0.3 is 0 Å². The summed E-state index contributed by atoms with van der Waals surface area (Å²) >= 11 is 1.56. The van der Waals surface area contributed by atoms with Crippen LogP contribution in [0.1, 0.15) is 31.0 Å². The predicted octanol–water partition coefficient (Wildman–Crippen LogP) is 2.87. The fraction of sp³-hybridized carbons (Fsp3) is 0.381. The number of para-hydroxylation sites is 1. The number of hydrogen-bond donors (Lipinski definition) is 0. The number of hydrogen-bond acceptors (Lipinski definition) is 4. The average Bonchev–Trinajstić information content (AvgIpc) is 3.43. The summed E-state index contributed by atoms with van der Waals surface area (Å²) in [5, 5.41) is 1.98. The number of nitrogens with zero attached hydrogens (tertiary/aromatic N) is 4. The predicted molar refractivity (Wildman–Crippen MR) is 109 cm³/mol. The van der Waals surface area contributed by atoms with E-state index in [1.165, 1.54) is 0 Å². The second kappa shape index (κ2) is 6.44. The lowest BCUT2D eigenvalue weighted by atomic mass is 9.81. The number of benzene rings is 1. The molecule has 3 aromatic rings. The third kappa shape index (κ3) is 2.49. The molecule has 0 saturated carbocycles. The summed E-state index contributed by atoms with van der Waals surface area (Å²) < 4.78 is 1.94. The van der Waals surface area contributed by atoms with Crippen molar-refractivity contribution in [3.8, 4) is 0 Å². The number of likely N-dealkylation sites (tertiary alicyclic amines) is 1. The van der Waals surface area contributed by atoms with Crippen LogP contribution in [0.2, 0.25) is 0 Å². The van der Waals surface area contributed by atoms with Crippen molar-refractivity contribution in [2.75, 3.05) is 24.5 Å². The van der Waals surface area contributed by atoms with E-state index in [1.807, 2.05) is 50.2 Å². The molecule has 5 rings (SSSR count). The van der Waals surface area contributed by atoms with Crippen molar-refractivity contribution in [2.45, 2.75) is 31.6 Å². The minimum Gasteiger partial charge on any atom is -0.341 e. The second-order valence-electron chi connectivity index (χ2n) is 7.62. The first-order valence-electron chi connectivity index (χ1n) is 9.73. The number of carbonyl (C=O) groups excluding carboxylic acids is 2. The zero-order chi connectivity index (χ0) is 19.3. The van der Waals surface area contributed by atoms with E-state index in [4.69, 9.17) is 0 Å². The van der Waals surface area contributed by atoms with E-state index < -0.39 is 5.41 Å². The summed E-state index contributed by atoms with van der Waals surface area (Å²) in [6, 6.07) is 8.06. The highest BCUT2D eigenvalue weighted by Crippen LogP contribution is 2.47. The molecular formula is C21H22N4O2S. The smallest absolute Gasteiger partial charge is 0.239 e. The molecule has 1 atom stereocenters. The van der Waals surface area contributed by atoms with Crippen molar-refractivity contribution >= 4 is 33.8 Å². The van der Waals surface area contributed by atoms with E-state index in [0.29, 0.717) is 19.5 Å². The Morgan fingerprint density at radius 2 is 2.18 bits per heavy atom. The van der Waals surface area contributed by atoms with Crippen LogP contribution in [0, 0.1) is 0 Å². The summed E-state index contributed by atoms with van der Waals surface area (Å²) in [7, 11) is 0. The number of fused-ring (bicyclic) bond motifs is 3. The fourth-order valence-electron chi connectivity index (χ4n) is 4.59. The molecule has 0 bridgehead atoms. The second-order valence-corrected chi connectivity index (χ2v) is 8.50. The Kier molecular flexibility index (Phi) is 4.01. The van der Waals surface area contributed by atoms with Gasteiger partial charge in [0.2, 0.25) is 11.8 Å². The molecule has 1 aromatic carbocycles. The van der Waals surface area contributed by atoms with Crippen LogP contribution < -0.4 is 4.90 Å². The molecule has 144 valence electrons. The largest absolute Gasteiger partial charge is 0.341 e. The summed E-state index contributed by atoms with van der Waals surface area (Å²) in [6.45, 7) is 3.88. The summed E-state index contributed by atoms with van der Waals surface area (Å²) in [5.41, 5.74) is 2.28. The number of thiazole rings is 1. The Bertz CT molecular complexity index is 1040. The highest BCUT2D eigenvalue weighted by Gasteiger charge is 2.54. The Hall–Kier alpha value is -2.67. The summed E-state index contributed by atoms with van der Waals surface area (Å²) in [6.07, 6.45) is 5.74. The van der Waals surface area contributed by atoms with Crippen molar-refractivity contribution in [1.82, 2.24) is 14.3 Å². The Balaban J connectivity index is 1.39. The number of imidazole rings is 1. The van der Waals surface area contributed by atoms with Crippen LogP contribution in [-0.2, 0) is 21.4 Å². The maximum Gasteiger partial charge on any atom is 0.239 e. The molecule has 2 amide bonds. The molecule has 7 heteroatoms. The van der Waals surface area contributed by atoms with Crippen molar-refractivity contribution in [2.24, 2.45) is 0 Å². The van der Waals surface area contributed by atoms with E-state index in [0.717, 1.165) is 34.9 Å². The Labute approximate surface area is 167 Å². The molecule has 2 aliphatic heterocycles. The van der Waals surface area contributed by atoms with Gasteiger partial charge in [-0.1, -0.05) is 25.1 Å². The average molecular weight is 395 g/mol. The van der Waals surface area contributed by atoms with Gasteiger partial charge in [-0.15, -0.1) is 11.3 Å². The SMILES string of the molecule is CCCN1C(=O)C2(CCN(C(=O)Cc3cn4ccsc4n3)C2)c2ccccc21. The molecule has 4 heterocycles. The Morgan fingerprint density at radius 1 is 1.32 bits per heavy atom. The molecule has 2 aliphatic rings. The number of rotatable bonds is 4. The van der Waals surface area contributed by atoms with Gasteiger partial charge in [0.15, 0.2) is 4.96 Å². The van der Waals surface area contributed by atoms with Crippen molar-refractivity contribution < 1.29 is 9.59 Å². The third-order valence-corrected chi connectivity index (χ3v) is 6.68. The van der Waals surface area contributed by atoms with Gasteiger partial charge in [0.05, 0.1) is 17.5 Å². The van der Waals surface area contributed by atoms with Gasteiger partial charge in [-0.25, -0.2) is 4.98 Å². The first-order valence-corrected chi connectivity index (χ1v) is 10.6. The highest BCUT2D eigenvalue weighted by atomic mass is 32.1. The molecule has 0 aliphatic carbocycles. The lowest BCUT2D eigenvalue weighted by Crippen LogP contribution is -2.43. The van der Waals surface area contributed by atoms with Crippen LogP contribution in [0.25, 0.3) is 4.96 Å². The van der Waals surface area contributed by atoms with Crippen molar-refractivity contribution in [3.05, 3.63) is 53.3 Å². The third-order valence-electron chi connectivity index (χ3n) is 5.91. The normalized spacial score (nSPS) is 21.2. The molecule has 28 heavy (non-hydrogen) atoms. The molecule has 0 N–H and O–H groups in total. The highest BCUT2D eigenvalue weighted by molar-refractivity contribution is 7.15. The van der Waals surface area contributed by atoms with Gasteiger partial charge in [-0.2, -0.15) is 0 Å². The maximum atomic E-state index is 13.4. The topological polar surface area (TPSA) is 57.9 Å². The first kappa shape index (κ1) is 17.4. The molecule has 6 nitrogen and oxygen atoms in total. The molecule has 1 fully saturated rings. The van der Waals surface area contributed by atoms with Crippen LogP contribution in [0.3, 0.4) is 0 Å². The molecule has 1 saturated heterocycles. The van der Waals surface area contributed by atoms with Crippen molar-refractivity contribution in [1.29, 1.82) is 0 Å². The molecule has 0 radical (unpaired) electrons. The standard InChI is InChI=1S/C21H22N4O2S/c1-2-8-25-17-6-4-3-5-16(17)21(19(25)27)7-9-24(14-21)18(26)12-15-13-23-10-11-28-20(23)22-15/h3-6,10-11,13H,2,7-9,12,14H2,1H3. The zero-order valence-electron chi connectivity index (χ0n) is 15.8. The van der Waals surface area contributed by atoms with Gasteiger partial charge in [0.25, 0.3) is 0 Å². The lowest BCUT2D eigenvalue weighted by molar-refractivity contribution is -0.130. The van der Waals surface area contributed by atoms with E-state index in [2.05, 4.69) is 18.0 Å². The number of aromatic nitrogens is 2. The molecule has 1 unspecified atom stereocenters. The van der Waals surface area contributed by atoms with Crippen LogP contribution in [0.15, 0.2) is 42.0 Å². The summed E-state index contributed by atoms with van der Waals surface area (Å²) in [5.74, 6) is 0.190. The quantitative estimate of drug-likeness (QED) is 0.684. The van der Waals surface area contributed by atoms with E-state index >= 15 is 0 Å². The minimum atomic E-state index is -0.587. The van der Waals surface area contributed by atoms with Gasteiger partial charge in [-0.05, 0) is 24.5 Å². The van der Waals surface area contributed by atoms with E-state index in [9.17, 15) is 9.59 Å².